The number of nitrogens with two attached hydrogens (primary N) is 1. The van der Waals surface area contributed by atoms with Gasteiger partial charge in [-0.15, -0.1) is 22.7 Å². The topological polar surface area (TPSA) is 112 Å². The summed E-state index contributed by atoms with van der Waals surface area (Å²) in [6.07, 6.45) is 3.15. The van der Waals surface area contributed by atoms with Crippen LogP contribution in [0.4, 0.5) is 16.2 Å². The molecule has 0 saturated heterocycles. The van der Waals surface area contributed by atoms with Gasteiger partial charge < -0.3 is 26.6 Å². The smallest absolute Gasteiger partial charge is 0.315 e. The Balaban J connectivity index is 1.60. The van der Waals surface area contributed by atoms with E-state index in [0.29, 0.717) is 24.3 Å². The van der Waals surface area contributed by atoms with Crippen molar-refractivity contribution in [2.45, 2.75) is 18.9 Å². The first kappa shape index (κ1) is 23.7. The molecule has 0 aliphatic heterocycles. The number of nitrogens with one attached hydrogen (secondary N) is 3. The molecule has 3 aromatic heterocycles. The Morgan fingerprint density at radius 3 is 2.69 bits per heavy atom. The van der Waals surface area contributed by atoms with Gasteiger partial charge >= 0.3 is 6.03 Å². The number of anilines is 2. The van der Waals surface area contributed by atoms with E-state index in [1.54, 1.807) is 34.4 Å². The standard InChI is InChI=1S/C22H28N6O2S2/c1-28(2)10-8-18(27-22(30)24-9-7-16-4-3-11-32-16)15-5-6-19(25-12-15)21(29)26-20-14-31-13-17(20)23/h3-6,11-14,18H,7-10,23H2,1-2H3,(H,26,29)(H2,24,27,30). The second-order valence-electron chi connectivity index (χ2n) is 7.55. The number of rotatable bonds is 10. The zero-order valence-corrected chi connectivity index (χ0v) is 19.8. The van der Waals surface area contributed by atoms with Crippen molar-refractivity contribution in [1.29, 1.82) is 0 Å². The number of carbonyl (C=O) groups excluding carboxylic acids is 2. The van der Waals surface area contributed by atoms with Crippen molar-refractivity contribution in [2.24, 2.45) is 0 Å². The van der Waals surface area contributed by atoms with E-state index in [0.717, 1.165) is 18.5 Å². The third kappa shape index (κ3) is 7.04. The lowest BCUT2D eigenvalue weighted by atomic mass is 10.1. The maximum Gasteiger partial charge on any atom is 0.315 e. The fourth-order valence-corrected chi connectivity index (χ4v) is 4.40. The first-order valence-corrected chi connectivity index (χ1v) is 12.0. The van der Waals surface area contributed by atoms with E-state index in [9.17, 15) is 9.59 Å². The van der Waals surface area contributed by atoms with E-state index in [1.165, 1.54) is 16.2 Å². The summed E-state index contributed by atoms with van der Waals surface area (Å²) in [7, 11) is 3.97. The molecule has 0 saturated carbocycles. The quantitative estimate of drug-likeness (QED) is 0.360. The van der Waals surface area contributed by atoms with Crippen molar-refractivity contribution in [3.05, 3.63) is 62.7 Å². The van der Waals surface area contributed by atoms with Gasteiger partial charge in [0.15, 0.2) is 0 Å². The highest BCUT2D eigenvalue weighted by atomic mass is 32.1. The zero-order valence-electron chi connectivity index (χ0n) is 18.1. The minimum atomic E-state index is -0.328. The monoisotopic (exact) mass is 472 g/mol. The minimum Gasteiger partial charge on any atom is -0.396 e. The van der Waals surface area contributed by atoms with Gasteiger partial charge in [-0.2, -0.15) is 0 Å². The molecule has 1 atom stereocenters. The van der Waals surface area contributed by atoms with Crippen LogP contribution in [-0.4, -0.2) is 49.0 Å². The summed E-state index contributed by atoms with van der Waals surface area (Å²) >= 11 is 3.10. The van der Waals surface area contributed by atoms with Crippen LogP contribution in [0.25, 0.3) is 0 Å². The van der Waals surface area contributed by atoms with Crippen molar-refractivity contribution in [2.75, 3.05) is 38.2 Å². The molecule has 1 unspecified atom stereocenters. The Bertz CT molecular complexity index is 1000. The van der Waals surface area contributed by atoms with Gasteiger partial charge in [-0.1, -0.05) is 12.1 Å². The summed E-state index contributed by atoms with van der Waals surface area (Å²) in [4.78, 5) is 32.5. The van der Waals surface area contributed by atoms with Crippen LogP contribution >= 0.6 is 22.7 Å². The Morgan fingerprint density at radius 2 is 2.06 bits per heavy atom. The molecule has 8 nitrogen and oxygen atoms in total. The molecule has 3 aromatic rings. The number of urea groups is 1. The van der Waals surface area contributed by atoms with Gasteiger partial charge in [-0.3, -0.25) is 9.78 Å². The van der Waals surface area contributed by atoms with E-state index >= 15 is 0 Å². The Hall–Kier alpha value is -2.95. The molecule has 0 fully saturated rings. The first-order valence-electron chi connectivity index (χ1n) is 10.2. The molecule has 3 rings (SSSR count). The summed E-state index contributed by atoms with van der Waals surface area (Å²) in [5, 5.41) is 14.3. The molecule has 3 heterocycles. The molecule has 0 aliphatic carbocycles. The average molecular weight is 473 g/mol. The SMILES string of the molecule is CN(C)CCC(NC(=O)NCCc1cccs1)c1ccc(C(=O)Nc2cscc2N)nc1. The van der Waals surface area contributed by atoms with Gasteiger partial charge in [0.05, 0.1) is 17.4 Å². The van der Waals surface area contributed by atoms with Gasteiger partial charge in [-0.25, -0.2) is 4.79 Å². The van der Waals surface area contributed by atoms with Crippen LogP contribution in [0.1, 0.15) is 33.4 Å². The molecular weight excluding hydrogens is 444 g/mol. The predicted molar refractivity (Wildman–Crippen MR) is 131 cm³/mol. The van der Waals surface area contributed by atoms with Crippen molar-refractivity contribution in [3.63, 3.8) is 0 Å². The molecule has 170 valence electrons. The molecule has 0 radical (unpaired) electrons. The van der Waals surface area contributed by atoms with Crippen molar-refractivity contribution >= 4 is 46.0 Å². The summed E-state index contributed by atoms with van der Waals surface area (Å²) in [6.45, 7) is 1.36. The lowest BCUT2D eigenvalue weighted by Crippen LogP contribution is -2.39. The molecule has 32 heavy (non-hydrogen) atoms. The van der Waals surface area contributed by atoms with Crippen LogP contribution < -0.4 is 21.7 Å². The number of hydrogen-bond acceptors (Lipinski definition) is 7. The molecule has 5 N–H and O–H groups in total. The normalized spacial score (nSPS) is 11.8. The highest BCUT2D eigenvalue weighted by Crippen LogP contribution is 2.23. The lowest BCUT2D eigenvalue weighted by molar-refractivity contribution is 0.102. The maximum atomic E-state index is 12.5. The summed E-state index contributed by atoms with van der Waals surface area (Å²) < 4.78 is 0. The summed E-state index contributed by atoms with van der Waals surface area (Å²) in [6, 6.07) is 7.10. The van der Waals surface area contributed by atoms with Crippen LogP contribution in [0.5, 0.6) is 0 Å². The van der Waals surface area contributed by atoms with E-state index in [1.807, 2.05) is 31.6 Å². The van der Waals surface area contributed by atoms with E-state index < -0.39 is 0 Å². The van der Waals surface area contributed by atoms with Gasteiger partial charge in [0.2, 0.25) is 0 Å². The number of pyridine rings is 1. The number of hydrogen-bond donors (Lipinski definition) is 4. The summed E-state index contributed by atoms with van der Waals surface area (Å²) in [5.41, 5.74) is 8.05. The van der Waals surface area contributed by atoms with Crippen molar-refractivity contribution in [1.82, 2.24) is 20.5 Å². The van der Waals surface area contributed by atoms with Crippen LogP contribution in [0, 0.1) is 0 Å². The summed E-state index contributed by atoms with van der Waals surface area (Å²) in [5.74, 6) is -0.328. The molecule has 0 aromatic carbocycles. The van der Waals surface area contributed by atoms with Gasteiger partial charge in [0.25, 0.3) is 5.91 Å². The lowest BCUT2D eigenvalue weighted by Gasteiger charge is -2.21. The van der Waals surface area contributed by atoms with Gasteiger partial charge in [-0.05, 0) is 56.6 Å². The van der Waals surface area contributed by atoms with E-state index in [-0.39, 0.29) is 23.7 Å². The Kier molecular flexibility index (Phi) is 8.60. The average Bonchev–Trinajstić information content (AvgIpc) is 3.43. The van der Waals surface area contributed by atoms with Gasteiger partial charge in [0.1, 0.15) is 5.69 Å². The fraction of sp³-hybridized carbons (Fsp3) is 0.318. The number of nitrogen functional groups attached to an aromatic ring is 1. The van der Waals surface area contributed by atoms with E-state index in [4.69, 9.17) is 5.73 Å². The minimum absolute atomic E-state index is 0.222. The highest BCUT2D eigenvalue weighted by molar-refractivity contribution is 7.10. The number of thiophene rings is 2. The maximum absolute atomic E-state index is 12.5. The Morgan fingerprint density at radius 1 is 1.22 bits per heavy atom. The van der Waals surface area contributed by atoms with Crippen LogP contribution in [0.3, 0.4) is 0 Å². The largest absolute Gasteiger partial charge is 0.396 e. The van der Waals surface area contributed by atoms with Crippen molar-refractivity contribution in [3.8, 4) is 0 Å². The number of carbonyl (C=O) groups is 2. The van der Waals surface area contributed by atoms with Crippen molar-refractivity contribution < 1.29 is 9.59 Å². The fourth-order valence-electron chi connectivity index (χ4n) is 3.01. The van der Waals surface area contributed by atoms with E-state index in [2.05, 4.69) is 31.9 Å². The van der Waals surface area contributed by atoms with Crippen LogP contribution in [-0.2, 0) is 6.42 Å². The molecule has 0 spiro atoms. The molecule has 10 heteroatoms. The number of aromatic nitrogens is 1. The second kappa shape index (κ2) is 11.6. The molecule has 3 amide bonds. The number of nitrogens with zero attached hydrogens (tertiary/aromatic N) is 2. The first-order chi connectivity index (χ1) is 15.4. The predicted octanol–water partition coefficient (Wildman–Crippen LogP) is 3.57. The molecule has 0 aliphatic rings. The zero-order chi connectivity index (χ0) is 22.9. The Labute approximate surface area is 195 Å². The highest BCUT2D eigenvalue weighted by Gasteiger charge is 2.17. The molecule has 0 bridgehead atoms. The molecular formula is C22H28N6O2S2. The van der Waals surface area contributed by atoms with Gasteiger partial charge in [0, 0.05) is 28.4 Å². The third-order valence-electron chi connectivity index (χ3n) is 4.77. The second-order valence-corrected chi connectivity index (χ2v) is 9.32. The third-order valence-corrected chi connectivity index (χ3v) is 6.47. The van der Waals surface area contributed by atoms with Crippen LogP contribution in [0.15, 0.2) is 46.6 Å². The van der Waals surface area contributed by atoms with Crippen LogP contribution in [0.2, 0.25) is 0 Å². The number of amides is 3.